The van der Waals surface area contributed by atoms with Crippen LogP contribution in [-0.4, -0.2) is 53.4 Å². The molecule has 3 saturated heterocycles. The van der Waals surface area contributed by atoms with Crippen LogP contribution in [0.15, 0.2) is 11.6 Å². The van der Waals surface area contributed by atoms with Gasteiger partial charge >= 0.3 is 11.9 Å². The van der Waals surface area contributed by atoms with Gasteiger partial charge in [0.15, 0.2) is 5.79 Å². The van der Waals surface area contributed by atoms with Crippen molar-refractivity contribution < 1.29 is 38.2 Å². The summed E-state index contributed by atoms with van der Waals surface area (Å²) in [5.74, 6) is 0.896. The van der Waals surface area contributed by atoms with Gasteiger partial charge in [0.05, 0.1) is 25.6 Å². The first-order chi connectivity index (χ1) is 20.9. The van der Waals surface area contributed by atoms with Crippen LogP contribution in [0.3, 0.4) is 0 Å². The molecule has 3 saturated carbocycles. The lowest BCUT2D eigenvalue weighted by Gasteiger charge is -2.58. The fourth-order valence-electron chi connectivity index (χ4n) is 11.0. The van der Waals surface area contributed by atoms with Gasteiger partial charge in [0.25, 0.3) is 11.8 Å². The zero-order chi connectivity index (χ0) is 31.0. The second-order valence-corrected chi connectivity index (χ2v) is 15.7. The number of carbonyl (C=O) groups excluding carboxylic acids is 4. The van der Waals surface area contributed by atoms with Gasteiger partial charge in [-0.2, -0.15) is 0 Å². The molecule has 0 bridgehead atoms. The molecule has 4 aliphatic carbocycles. The number of carbonyl (C=O) groups is 4. The van der Waals surface area contributed by atoms with Gasteiger partial charge in [-0.15, -0.1) is 5.06 Å². The first-order valence-electron chi connectivity index (χ1n) is 17.2. The molecule has 0 aromatic heterocycles. The number of rotatable bonds is 5. The quantitative estimate of drug-likeness (QED) is 0.223. The first kappa shape index (κ1) is 30.4. The van der Waals surface area contributed by atoms with Gasteiger partial charge in [0.2, 0.25) is 0 Å². The fraction of sp³-hybridized carbons (Fsp3) is 0.829. The Bertz CT molecular complexity index is 1240. The molecule has 0 N–H and O–H groups in total. The normalized spacial score (nSPS) is 46.2. The van der Waals surface area contributed by atoms with Gasteiger partial charge in [-0.25, -0.2) is 4.79 Å². The van der Waals surface area contributed by atoms with Crippen molar-refractivity contribution in [2.75, 3.05) is 6.61 Å². The minimum absolute atomic E-state index is 0.0380. The summed E-state index contributed by atoms with van der Waals surface area (Å²) in [7, 11) is 0. The largest absolute Gasteiger partial charge is 0.462 e. The average Bonchev–Trinajstić information content (AvgIpc) is 3.57. The van der Waals surface area contributed by atoms with E-state index in [0.29, 0.717) is 46.7 Å². The molecule has 9 heteroatoms. The number of ether oxygens (including phenoxy) is 3. The van der Waals surface area contributed by atoms with Crippen LogP contribution >= 0.6 is 0 Å². The number of imide groups is 1. The summed E-state index contributed by atoms with van der Waals surface area (Å²) < 4.78 is 19.2. The van der Waals surface area contributed by atoms with Gasteiger partial charge in [0.1, 0.15) is 6.10 Å². The molecule has 0 aromatic rings. The van der Waals surface area contributed by atoms with Crippen LogP contribution in [-0.2, 0) is 38.2 Å². The molecule has 9 nitrogen and oxygen atoms in total. The summed E-state index contributed by atoms with van der Waals surface area (Å²) in [6, 6.07) is 0. The van der Waals surface area contributed by atoms with Crippen molar-refractivity contribution in [1.29, 1.82) is 0 Å². The molecule has 1 spiro atoms. The van der Waals surface area contributed by atoms with E-state index in [1.54, 1.807) is 0 Å². The highest BCUT2D eigenvalue weighted by Gasteiger charge is 2.68. The van der Waals surface area contributed by atoms with Crippen molar-refractivity contribution >= 4 is 23.8 Å². The van der Waals surface area contributed by atoms with E-state index < -0.39 is 23.8 Å². The number of allylic oxidation sites excluding steroid dienone is 1. The predicted octanol–water partition coefficient (Wildman–Crippen LogP) is 5.65. The number of esters is 1. The summed E-state index contributed by atoms with van der Waals surface area (Å²) >= 11 is 0. The van der Waals surface area contributed by atoms with Crippen molar-refractivity contribution in [2.45, 2.75) is 129 Å². The third kappa shape index (κ3) is 4.78. The molecule has 6 fully saturated rings. The number of hydrogen-bond acceptors (Lipinski definition) is 8. The number of amides is 2. The first-order valence-corrected chi connectivity index (χ1v) is 17.2. The molecule has 242 valence electrons. The van der Waals surface area contributed by atoms with Crippen LogP contribution < -0.4 is 0 Å². The Morgan fingerprint density at radius 2 is 1.73 bits per heavy atom. The summed E-state index contributed by atoms with van der Waals surface area (Å²) in [4.78, 5) is 53.0. The van der Waals surface area contributed by atoms with E-state index in [-0.39, 0.29) is 48.4 Å². The highest BCUT2D eigenvalue weighted by molar-refractivity contribution is 6.01. The maximum atomic E-state index is 12.6. The predicted molar refractivity (Wildman–Crippen MR) is 158 cm³/mol. The van der Waals surface area contributed by atoms with Gasteiger partial charge in [-0.3, -0.25) is 14.4 Å². The maximum absolute atomic E-state index is 12.6. The minimum atomic E-state index is -0.779. The van der Waals surface area contributed by atoms with E-state index in [2.05, 4.69) is 33.8 Å². The Balaban J connectivity index is 0.960. The van der Waals surface area contributed by atoms with E-state index in [1.807, 2.05) is 0 Å². The standard InChI is InChI=1S/C35H49NO8/c1-20-11-16-35(41-19-20)21(2)32-27(43-35)18-26-24-6-5-22-17-23(12-14-33(22,3)25(24)13-15-34(26,32)4)42-30(39)9-10-31(40)44-36-28(37)7-8-29(36)38/h5,20-21,23-27,32H,6-19H2,1-4H3/t20-,21+,23+,24?,25?,26?,27+,32+,33+,34+,35-/m1/s1. The van der Waals surface area contributed by atoms with Crippen molar-refractivity contribution in [2.24, 2.45) is 46.3 Å². The van der Waals surface area contributed by atoms with E-state index in [9.17, 15) is 19.2 Å². The monoisotopic (exact) mass is 611 g/mol. The Kier molecular flexibility index (Phi) is 7.55. The van der Waals surface area contributed by atoms with E-state index in [1.165, 1.54) is 24.8 Å². The van der Waals surface area contributed by atoms with Crippen LogP contribution in [0.4, 0.5) is 0 Å². The Morgan fingerprint density at radius 1 is 0.977 bits per heavy atom. The molecule has 2 amide bonds. The van der Waals surface area contributed by atoms with E-state index in [4.69, 9.17) is 19.0 Å². The third-order valence-corrected chi connectivity index (χ3v) is 13.4. The highest BCUT2D eigenvalue weighted by atomic mass is 16.7. The van der Waals surface area contributed by atoms with Gasteiger partial charge in [-0.1, -0.05) is 39.3 Å². The molecular weight excluding hydrogens is 562 g/mol. The maximum Gasteiger partial charge on any atom is 0.333 e. The lowest BCUT2D eigenvalue weighted by Crippen LogP contribution is -2.52. The molecule has 7 aliphatic rings. The SMILES string of the molecule is C[C@@H]1CC[C@@]2(OC1)O[C@H]1CC3C4CC=C5C[C@@H](OC(=O)CCC(=O)ON6C(=O)CCC6=O)CC[C@]5(C)C4CC[C@]3(C)[C@H]1[C@@H]2C. The zero-order valence-corrected chi connectivity index (χ0v) is 26.8. The topological polar surface area (TPSA) is 108 Å². The number of hydroxylamine groups is 2. The Morgan fingerprint density at radius 3 is 2.45 bits per heavy atom. The minimum Gasteiger partial charge on any atom is -0.462 e. The molecule has 11 atom stereocenters. The van der Waals surface area contributed by atoms with Crippen LogP contribution in [0.1, 0.15) is 111 Å². The third-order valence-electron chi connectivity index (χ3n) is 13.4. The Hall–Kier alpha value is -2.26. The molecule has 0 radical (unpaired) electrons. The average molecular weight is 612 g/mol. The Labute approximate surface area is 260 Å². The zero-order valence-electron chi connectivity index (χ0n) is 26.8. The van der Waals surface area contributed by atoms with Crippen molar-refractivity contribution in [1.82, 2.24) is 5.06 Å². The van der Waals surface area contributed by atoms with Crippen LogP contribution in [0.5, 0.6) is 0 Å². The highest BCUT2D eigenvalue weighted by Crippen LogP contribution is 2.70. The number of nitrogens with zero attached hydrogens (tertiary/aromatic N) is 1. The van der Waals surface area contributed by atoms with E-state index in [0.717, 1.165) is 45.1 Å². The van der Waals surface area contributed by atoms with Gasteiger partial charge in [-0.05, 0) is 85.4 Å². The summed E-state index contributed by atoms with van der Waals surface area (Å²) in [6.45, 7) is 10.5. The van der Waals surface area contributed by atoms with Crippen molar-refractivity contribution in [3.8, 4) is 0 Å². The number of hydrogen-bond donors (Lipinski definition) is 0. The van der Waals surface area contributed by atoms with Crippen LogP contribution in [0, 0.1) is 46.3 Å². The molecule has 3 unspecified atom stereocenters. The summed E-state index contributed by atoms with van der Waals surface area (Å²) in [6.07, 6.45) is 11.8. The van der Waals surface area contributed by atoms with Crippen molar-refractivity contribution in [3.05, 3.63) is 11.6 Å². The summed E-state index contributed by atoms with van der Waals surface area (Å²) in [5, 5.41) is 0.514. The molecule has 3 aliphatic heterocycles. The second kappa shape index (κ2) is 10.9. The molecule has 7 rings (SSSR count). The van der Waals surface area contributed by atoms with Crippen molar-refractivity contribution in [3.63, 3.8) is 0 Å². The molecular formula is C35H49NO8. The smallest absolute Gasteiger partial charge is 0.333 e. The lowest BCUT2D eigenvalue weighted by molar-refractivity contribution is -0.272. The van der Waals surface area contributed by atoms with Gasteiger partial charge < -0.3 is 19.0 Å². The lowest BCUT2D eigenvalue weighted by atomic mass is 9.47. The van der Waals surface area contributed by atoms with E-state index >= 15 is 0 Å². The molecule has 3 heterocycles. The van der Waals surface area contributed by atoms with Crippen LogP contribution in [0.2, 0.25) is 0 Å². The second-order valence-electron chi connectivity index (χ2n) is 15.7. The number of fused-ring (bicyclic) bond motifs is 7. The van der Waals surface area contributed by atoms with Gasteiger partial charge in [0, 0.05) is 31.6 Å². The fourth-order valence-corrected chi connectivity index (χ4v) is 11.0. The molecule has 44 heavy (non-hydrogen) atoms. The van der Waals surface area contributed by atoms with Crippen LogP contribution in [0.25, 0.3) is 0 Å². The summed E-state index contributed by atoms with van der Waals surface area (Å²) in [5.41, 5.74) is 1.84. The molecule has 0 aromatic carbocycles.